The van der Waals surface area contributed by atoms with Gasteiger partial charge in [0.1, 0.15) is 0 Å². The van der Waals surface area contributed by atoms with Crippen LogP contribution in [-0.4, -0.2) is 58.0 Å². The van der Waals surface area contributed by atoms with Gasteiger partial charge in [-0.25, -0.2) is 0 Å². The van der Waals surface area contributed by atoms with Crippen molar-refractivity contribution in [2.75, 3.05) is 6.61 Å². The fraction of sp³-hybridized carbons (Fsp3) is 0.773. The van der Waals surface area contributed by atoms with Crippen molar-refractivity contribution < 1.29 is 29.6 Å². The van der Waals surface area contributed by atoms with E-state index in [1.54, 1.807) is 12.2 Å². The molecule has 2 bridgehead atoms. The highest BCUT2D eigenvalue weighted by Gasteiger charge is 2.51. The molecule has 29 heavy (non-hydrogen) atoms. The zero-order chi connectivity index (χ0) is 21.9. The predicted octanol–water partition coefficient (Wildman–Crippen LogP) is 1.51. The third kappa shape index (κ3) is 5.47. The van der Waals surface area contributed by atoms with Gasteiger partial charge in [-0.3, -0.25) is 4.79 Å². The molecule has 2 heterocycles. The second-order valence-electron chi connectivity index (χ2n) is 8.93. The van der Waals surface area contributed by atoms with Gasteiger partial charge in [0.15, 0.2) is 5.79 Å². The number of aliphatic hydroxyl groups excluding tert-OH is 3. The molecule has 0 aliphatic carbocycles. The lowest BCUT2D eigenvalue weighted by atomic mass is 9.78. The van der Waals surface area contributed by atoms with Crippen LogP contribution in [0.5, 0.6) is 0 Å². The number of hydrogen-bond acceptors (Lipinski definition) is 6. The molecule has 1 amide bonds. The van der Waals surface area contributed by atoms with Crippen LogP contribution in [0.25, 0.3) is 0 Å². The number of amides is 1. The molecule has 0 saturated carbocycles. The molecule has 0 aromatic heterocycles. The maximum Gasteiger partial charge on any atom is 0.246 e. The summed E-state index contributed by atoms with van der Waals surface area (Å²) in [6.07, 6.45) is 5.05. The van der Waals surface area contributed by atoms with E-state index < -0.39 is 30.5 Å². The van der Waals surface area contributed by atoms with Crippen molar-refractivity contribution >= 4 is 5.91 Å². The number of ether oxygens (including phenoxy) is 2. The van der Waals surface area contributed by atoms with Gasteiger partial charge in [-0.15, -0.1) is 0 Å². The number of hydrogen-bond donors (Lipinski definition) is 4. The van der Waals surface area contributed by atoms with Crippen LogP contribution >= 0.6 is 0 Å². The highest BCUT2D eigenvalue weighted by atomic mass is 16.7. The molecular formula is C22H37NO6. The Bertz CT molecular complexity index is 635. The van der Waals surface area contributed by atoms with E-state index in [4.69, 9.17) is 20.3 Å². The van der Waals surface area contributed by atoms with Crippen LogP contribution in [0.3, 0.4) is 0 Å². The first kappa shape index (κ1) is 24.0. The second kappa shape index (κ2) is 9.71. The fourth-order valence-corrected chi connectivity index (χ4v) is 4.52. The van der Waals surface area contributed by atoms with Crippen LogP contribution in [0.15, 0.2) is 23.8 Å². The summed E-state index contributed by atoms with van der Waals surface area (Å²) >= 11 is 0. The molecule has 2 saturated heterocycles. The molecule has 0 unspecified atom stereocenters. The number of allylic oxidation sites excluding steroid dienone is 2. The van der Waals surface area contributed by atoms with E-state index in [9.17, 15) is 15.0 Å². The quantitative estimate of drug-likeness (QED) is 0.337. The van der Waals surface area contributed by atoms with E-state index >= 15 is 0 Å². The van der Waals surface area contributed by atoms with Gasteiger partial charge < -0.3 is 30.5 Å². The van der Waals surface area contributed by atoms with Crippen molar-refractivity contribution in [1.82, 2.24) is 0 Å². The van der Waals surface area contributed by atoms with Gasteiger partial charge in [0.25, 0.3) is 0 Å². The van der Waals surface area contributed by atoms with Gasteiger partial charge in [-0.2, -0.15) is 0 Å². The minimum atomic E-state index is -0.786. The number of primary amides is 1. The molecule has 0 spiro atoms. The molecule has 2 aliphatic heterocycles. The molecule has 0 aromatic carbocycles. The van der Waals surface area contributed by atoms with Gasteiger partial charge >= 0.3 is 0 Å². The molecule has 7 nitrogen and oxygen atoms in total. The third-order valence-corrected chi connectivity index (χ3v) is 6.65. The summed E-state index contributed by atoms with van der Waals surface area (Å²) in [5.41, 5.74) is 5.25. The van der Waals surface area contributed by atoms with Crippen LogP contribution in [0.4, 0.5) is 0 Å². The van der Waals surface area contributed by atoms with E-state index in [0.29, 0.717) is 0 Å². The first-order valence-corrected chi connectivity index (χ1v) is 10.5. The summed E-state index contributed by atoms with van der Waals surface area (Å²) in [5, 5.41) is 30.8. The van der Waals surface area contributed by atoms with E-state index in [0.717, 1.165) is 12.8 Å². The standard InChI is InChI=1S/C22H37NO6/c1-12(7-6-8-16(11-24)21(23)27)18(25)14(3)19(26)15(4)20-13(2)17-9-10-22(5,28-17)29-20/h6-8,12-15,17-20,24-26H,9-11H2,1-5H3,(H2,23,27)/b7-6+,16-8-/t12-,13+,14-,15+,17-,18-,19+,20+,22+/m0/s1. The Morgan fingerprint density at radius 3 is 2.48 bits per heavy atom. The zero-order valence-corrected chi connectivity index (χ0v) is 18.1. The predicted molar refractivity (Wildman–Crippen MR) is 110 cm³/mol. The number of nitrogens with two attached hydrogens (primary N) is 1. The monoisotopic (exact) mass is 411 g/mol. The van der Waals surface area contributed by atoms with Gasteiger partial charge in [-0.05, 0) is 13.3 Å². The number of fused-ring (bicyclic) bond motifs is 2. The summed E-state index contributed by atoms with van der Waals surface area (Å²) in [5.74, 6) is -1.90. The Morgan fingerprint density at radius 2 is 1.90 bits per heavy atom. The first-order chi connectivity index (χ1) is 13.5. The van der Waals surface area contributed by atoms with Crippen LogP contribution in [-0.2, 0) is 14.3 Å². The van der Waals surface area contributed by atoms with Crippen molar-refractivity contribution in [3.63, 3.8) is 0 Å². The number of carbonyl (C=O) groups excluding carboxylic acids is 1. The summed E-state index contributed by atoms with van der Waals surface area (Å²) in [6, 6.07) is 0. The van der Waals surface area contributed by atoms with E-state index in [1.165, 1.54) is 6.08 Å². The molecule has 7 heteroatoms. The first-order valence-electron chi connectivity index (χ1n) is 10.5. The Hall–Kier alpha value is -1.25. The summed E-state index contributed by atoms with van der Waals surface area (Å²) < 4.78 is 12.2. The van der Waals surface area contributed by atoms with E-state index in [1.807, 2.05) is 27.7 Å². The minimum absolute atomic E-state index is 0.0958. The van der Waals surface area contributed by atoms with E-state index in [-0.39, 0.29) is 41.5 Å². The van der Waals surface area contributed by atoms with Gasteiger partial charge in [0.05, 0.1) is 31.0 Å². The van der Waals surface area contributed by atoms with E-state index in [2.05, 4.69) is 6.92 Å². The third-order valence-electron chi connectivity index (χ3n) is 6.65. The van der Waals surface area contributed by atoms with Crippen LogP contribution in [0.1, 0.15) is 47.5 Å². The second-order valence-corrected chi connectivity index (χ2v) is 8.93. The Kier molecular flexibility index (Phi) is 8.04. The molecule has 166 valence electrons. The van der Waals surface area contributed by atoms with Crippen molar-refractivity contribution in [2.45, 2.75) is 77.7 Å². The lowest BCUT2D eigenvalue weighted by molar-refractivity contribution is -0.309. The smallest absolute Gasteiger partial charge is 0.246 e. The number of rotatable bonds is 9. The average molecular weight is 412 g/mol. The molecular weight excluding hydrogens is 374 g/mol. The molecule has 9 atom stereocenters. The van der Waals surface area contributed by atoms with Crippen molar-refractivity contribution in [3.8, 4) is 0 Å². The highest BCUT2D eigenvalue weighted by Crippen LogP contribution is 2.45. The molecule has 2 rings (SSSR count). The zero-order valence-electron chi connectivity index (χ0n) is 18.1. The SMILES string of the molecule is C[C@H]([C@@H](O)[C@@H](C)[C@@H]1O[C@]2(C)CC[C@H](O2)[C@H]1C)[C@@H](O)[C@@H](C)/C=C/C=C(/CO)C(N)=O. The van der Waals surface area contributed by atoms with Gasteiger partial charge in [-0.1, -0.05) is 45.9 Å². The van der Waals surface area contributed by atoms with Gasteiger partial charge in [0.2, 0.25) is 5.91 Å². The maximum absolute atomic E-state index is 11.1. The molecule has 5 N–H and O–H groups in total. The lowest BCUT2D eigenvalue weighted by Crippen LogP contribution is -2.52. The van der Waals surface area contributed by atoms with Crippen molar-refractivity contribution in [2.24, 2.45) is 29.4 Å². The van der Waals surface area contributed by atoms with Crippen molar-refractivity contribution in [3.05, 3.63) is 23.8 Å². The molecule has 2 fully saturated rings. The molecule has 0 aromatic rings. The number of carbonyl (C=O) groups is 1. The molecule has 2 aliphatic rings. The average Bonchev–Trinajstić information content (AvgIpc) is 3.02. The van der Waals surface area contributed by atoms with Crippen LogP contribution < -0.4 is 5.73 Å². The lowest BCUT2D eigenvalue weighted by Gasteiger charge is -2.45. The molecule has 0 radical (unpaired) electrons. The Balaban J connectivity index is 2.00. The largest absolute Gasteiger partial charge is 0.392 e. The van der Waals surface area contributed by atoms with Crippen molar-refractivity contribution in [1.29, 1.82) is 0 Å². The normalized spacial score (nSPS) is 35.3. The topological polar surface area (TPSA) is 122 Å². The van der Waals surface area contributed by atoms with Crippen LogP contribution in [0.2, 0.25) is 0 Å². The minimum Gasteiger partial charge on any atom is -0.392 e. The van der Waals surface area contributed by atoms with Gasteiger partial charge in [0, 0.05) is 35.7 Å². The number of aliphatic hydroxyl groups is 3. The maximum atomic E-state index is 11.1. The summed E-state index contributed by atoms with van der Waals surface area (Å²) in [6.45, 7) is 9.24. The Labute approximate surface area is 173 Å². The summed E-state index contributed by atoms with van der Waals surface area (Å²) in [7, 11) is 0. The highest BCUT2D eigenvalue weighted by molar-refractivity contribution is 5.92. The van der Waals surface area contributed by atoms with Crippen LogP contribution in [0, 0.1) is 23.7 Å². The fourth-order valence-electron chi connectivity index (χ4n) is 4.52. The summed E-state index contributed by atoms with van der Waals surface area (Å²) in [4.78, 5) is 11.1. The Morgan fingerprint density at radius 1 is 1.24 bits per heavy atom.